The lowest BCUT2D eigenvalue weighted by molar-refractivity contribution is -0.385. The van der Waals surface area contributed by atoms with E-state index in [4.69, 9.17) is 5.26 Å². The minimum Gasteiger partial charge on any atom is -0.381 e. The summed E-state index contributed by atoms with van der Waals surface area (Å²) in [4.78, 5) is 10.0. The first-order valence-corrected chi connectivity index (χ1v) is 4.22. The van der Waals surface area contributed by atoms with Gasteiger partial charge in [0.25, 0.3) is 5.69 Å². The van der Waals surface area contributed by atoms with Gasteiger partial charge in [-0.25, -0.2) is 0 Å². The molecule has 1 rings (SSSR count). The third kappa shape index (κ3) is 2.54. The number of rotatable bonds is 4. The number of hydrogen-bond acceptors (Lipinski definition) is 4. The van der Waals surface area contributed by atoms with Crippen molar-refractivity contribution in [3.63, 3.8) is 0 Å². The van der Waals surface area contributed by atoms with E-state index in [2.05, 4.69) is 11.9 Å². The van der Waals surface area contributed by atoms with E-state index in [1.54, 1.807) is 18.2 Å². The van der Waals surface area contributed by atoms with E-state index in [9.17, 15) is 10.1 Å². The number of anilines is 1. The topological polar surface area (TPSA) is 79.0 Å². The number of nitrogens with zero attached hydrogens (tertiary/aromatic N) is 2. The van der Waals surface area contributed by atoms with Crippen LogP contribution in [-0.4, -0.2) is 11.5 Å². The number of benzene rings is 1. The fraction of sp³-hybridized carbons (Fsp3) is 0.100. The normalized spacial score (nSPS) is 9.00. The summed E-state index contributed by atoms with van der Waals surface area (Å²) in [7, 11) is 0. The molecule has 15 heavy (non-hydrogen) atoms. The standard InChI is InChI=1S/C10H9N3O2/c1-2-5-12-9-4-3-8(7-11)10(6-9)13(14)15/h2-4,6,12H,1,5H2. The molecule has 1 aromatic rings. The predicted octanol–water partition coefficient (Wildman–Crippen LogP) is 2.06. The van der Waals surface area contributed by atoms with Gasteiger partial charge < -0.3 is 5.32 Å². The monoisotopic (exact) mass is 203 g/mol. The Labute approximate surface area is 86.8 Å². The zero-order chi connectivity index (χ0) is 11.3. The first-order chi connectivity index (χ1) is 7.19. The van der Waals surface area contributed by atoms with Gasteiger partial charge in [0.05, 0.1) is 4.92 Å². The van der Waals surface area contributed by atoms with Crippen LogP contribution in [0.3, 0.4) is 0 Å². The van der Waals surface area contributed by atoms with Gasteiger partial charge in [0, 0.05) is 18.3 Å². The molecule has 1 aromatic carbocycles. The molecule has 5 heteroatoms. The average molecular weight is 203 g/mol. The van der Waals surface area contributed by atoms with Gasteiger partial charge in [-0.15, -0.1) is 6.58 Å². The molecule has 0 atom stereocenters. The second-order valence-electron chi connectivity index (χ2n) is 2.77. The zero-order valence-corrected chi connectivity index (χ0v) is 7.93. The largest absolute Gasteiger partial charge is 0.381 e. The van der Waals surface area contributed by atoms with E-state index >= 15 is 0 Å². The van der Waals surface area contributed by atoms with Gasteiger partial charge in [-0.2, -0.15) is 5.26 Å². The van der Waals surface area contributed by atoms with Gasteiger partial charge in [-0.05, 0) is 12.1 Å². The molecule has 0 radical (unpaired) electrons. The van der Waals surface area contributed by atoms with Crippen molar-refractivity contribution in [2.45, 2.75) is 0 Å². The van der Waals surface area contributed by atoms with Gasteiger partial charge in [0.15, 0.2) is 0 Å². The molecule has 0 saturated heterocycles. The minimum absolute atomic E-state index is 0.0594. The van der Waals surface area contributed by atoms with E-state index in [-0.39, 0.29) is 11.3 Å². The van der Waals surface area contributed by atoms with Crippen LogP contribution in [0, 0.1) is 21.4 Å². The van der Waals surface area contributed by atoms with Crippen LogP contribution in [0.4, 0.5) is 11.4 Å². The Morgan fingerprint density at radius 1 is 1.67 bits per heavy atom. The Kier molecular flexibility index (Phi) is 3.41. The maximum Gasteiger partial charge on any atom is 0.289 e. The molecule has 0 fully saturated rings. The molecule has 0 unspecified atom stereocenters. The Morgan fingerprint density at radius 3 is 2.93 bits per heavy atom. The van der Waals surface area contributed by atoms with Crippen LogP contribution in [0.15, 0.2) is 30.9 Å². The van der Waals surface area contributed by atoms with Crippen molar-refractivity contribution in [1.82, 2.24) is 0 Å². The van der Waals surface area contributed by atoms with Gasteiger partial charge in [-0.1, -0.05) is 6.08 Å². The van der Waals surface area contributed by atoms with E-state index < -0.39 is 4.92 Å². The van der Waals surface area contributed by atoms with Gasteiger partial charge in [0.2, 0.25) is 0 Å². The summed E-state index contributed by atoms with van der Waals surface area (Å²) in [5, 5.41) is 22.2. The Hall–Kier alpha value is -2.35. The van der Waals surface area contributed by atoms with Crippen LogP contribution in [0.25, 0.3) is 0 Å². The number of nitro groups is 1. The molecule has 0 aromatic heterocycles. The highest BCUT2D eigenvalue weighted by Gasteiger charge is 2.13. The summed E-state index contributed by atoms with van der Waals surface area (Å²) in [6.45, 7) is 4.04. The third-order valence-electron chi connectivity index (χ3n) is 1.77. The summed E-state index contributed by atoms with van der Waals surface area (Å²) in [5.41, 5.74) is 0.469. The summed E-state index contributed by atoms with van der Waals surface area (Å²) in [6, 6.07) is 6.15. The zero-order valence-electron chi connectivity index (χ0n) is 7.93. The van der Waals surface area contributed by atoms with E-state index in [1.807, 2.05) is 0 Å². The second-order valence-corrected chi connectivity index (χ2v) is 2.77. The molecule has 5 nitrogen and oxygen atoms in total. The maximum atomic E-state index is 10.6. The van der Waals surface area contributed by atoms with E-state index in [1.165, 1.54) is 12.1 Å². The van der Waals surface area contributed by atoms with Crippen molar-refractivity contribution >= 4 is 11.4 Å². The Morgan fingerprint density at radius 2 is 2.40 bits per heavy atom. The molecular weight excluding hydrogens is 194 g/mol. The fourth-order valence-corrected chi connectivity index (χ4v) is 1.08. The lowest BCUT2D eigenvalue weighted by Gasteiger charge is -2.03. The summed E-state index contributed by atoms with van der Waals surface area (Å²) >= 11 is 0. The van der Waals surface area contributed by atoms with E-state index in [0.717, 1.165) is 0 Å². The molecule has 0 saturated carbocycles. The van der Waals surface area contributed by atoms with E-state index in [0.29, 0.717) is 12.2 Å². The first kappa shape index (κ1) is 10.7. The average Bonchev–Trinajstić information content (AvgIpc) is 2.25. The molecule has 0 aliphatic carbocycles. The van der Waals surface area contributed by atoms with Gasteiger partial charge >= 0.3 is 0 Å². The van der Waals surface area contributed by atoms with Crippen molar-refractivity contribution < 1.29 is 4.92 Å². The summed E-state index contributed by atoms with van der Waals surface area (Å²) in [5.74, 6) is 0. The summed E-state index contributed by atoms with van der Waals surface area (Å²) in [6.07, 6.45) is 1.64. The molecule has 0 heterocycles. The SMILES string of the molecule is C=CCNc1ccc(C#N)c([N+](=O)[O-])c1. The Bertz CT molecular complexity index is 435. The van der Waals surface area contributed by atoms with Crippen molar-refractivity contribution in [3.05, 3.63) is 46.5 Å². The van der Waals surface area contributed by atoms with Gasteiger partial charge in [-0.3, -0.25) is 10.1 Å². The van der Waals surface area contributed by atoms with Crippen LogP contribution in [0.1, 0.15) is 5.56 Å². The molecular formula is C10H9N3O2. The molecule has 0 amide bonds. The maximum absolute atomic E-state index is 10.6. The summed E-state index contributed by atoms with van der Waals surface area (Å²) < 4.78 is 0. The van der Waals surface area contributed by atoms with Crippen molar-refractivity contribution in [1.29, 1.82) is 5.26 Å². The van der Waals surface area contributed by atoms with Crippen LogP contribution in [0.2, 0.25) is 0 Å². The predicted molar refractivity (Wildman–Crippen MR) is 56.5 cm³/mol. The minimum atomic E-state index is -0.572. The number of nitro benzene ring substituents is 1. The number of nitriles is 1. The smallest absolute Gasteiger partial charge is 0.289 e. The molecule has 0 aliphatic heterocycles. The lowest BCUT2D eigenvalue weighted by Crippen LogP contribution is -1.99. The highest BCUT2D eigenvalue weighted by atomic mass is 16.6. The van der Waals surface area contributed by atoms with Gasteiger partial charge in [0.1, 0.15) is 11.6 Å². The molecule has 0 aliphatic rings. The van der Waals surface area contributed by atoms with Crippen LogP contribution >= 0.6 is 0 Å². The molecule has 0 bridgehead atoms. The Balaban J connectivity index is 3.06. The fourth-order valence-electron chi connectivity index (χ4n) is 1.08. The number of nitrogens with one attached hydrogen (secondary N) is 1. The third-order valence-corrected chi connectivity index (χ3v) is 1.77. The lowest BCUT2D eigenvalue weighted by atomic mass is 10.2. The van der Waals surface area contributed by atoms with Crippen molar-refractivity contribution in [2.75, 3.05) is 11.9 Å². The van der Waals surface area contributed by atoms with Crippen LogP contribution in [-0.2, 0) is 0 Å². The van der Waals surface area contributed by atoms with Crippen molar-refractivity contribution in [3.8, 4) is 6.07 Å². The highest BCUT2D eigenvalue weighted by molar-refractivity contribution is 5.59. The molecule has 76 valence electrons. The molecule has 1 N–H and O–H groups in total. The quantitative estimate of drug-likeness (QED) is 0.461. The first-order valence-electron chi connectivity index (χ1n) is 4.22. The highest BCUT2D eigenvalue weighted by Crippen LogP contribution is 2.22. The molecule has 0 spiro atoms. The van der Waals surface area contributed by atoms with Crippen LogP contribution < -0.4 is 5.32 Å². The second kappa shape index (κ2) is 4.77. The van der Waals surface area contributed by atoms with Crippen molar-refractivity contribution in [2.24, 2.45) is 0 Å². The van der Waals surface area contributed by atoms with Crippen LogP contribution in [0.5, 0.6) is 0 Å². The number of hydrogen-bond donors (Lipinski definition) is 1.